The van der Waals surface area contributed by atoms with E-state index >= 15 is 0 Å². The molecule has 0 fully saturated rings. The van der Waals surface area contributed by atoms with Gasteiger partial charge in [-0.1, -0.05) is 13.3 Å². The molecule has 2 unspecified atom stereocenters. The maximum atomic E-state index is 10.8. The highest BCUT2D eigenvalue weighted by atomic mass is 16.5. The largest absolute Gasteiger partial charge is 0.383 e. The van der Waals surface area contributed by atoms with Gasteiger partial charge in [0.15, 0.2) is 0 Å². The summed E-state index contributed by atoms with van der Waals surface area (Å²) in [5.41, 5.74) is 5.13. The number of primary amides is 1. The lowest BCUT2D eigenvalue weighted by molar-refractivity contribution is -0.119. The van der Waals surface area contributed by atoms with Gasteiger partial charge in [-0.25, -0.2) is 0 Å². The lowest BCUT2D eigenvalue weighted by atomic mass is 10.1. The van der Waals surface area contributed by atoms with Crippen molar-refractivity contribution >= 4 is 5.91 Å². The Morgan fingerprint density at radius 2 is 2.23 bits per heavy atom. The first kappa shape index (κ1) is 12.4. The van der Waals surface area contributed by atoms with E-state index in [2.05, 4.69) is 12.2 Å². The maximum absolute atomic E-state index is 10.8. The van der Waals surface area contributed by atoms with Gasteiger partial charge >= 0.3 is 0 Å². The van der Waals surface area contributed by atoms with Crippen LogP contribution in [0, 0.1) is 0 Å². The topological polar surface area (TPSA) is 64.3 Å². The second kappa shape index (κ2) is 6.86. The van der Waals surface area contributed by atoms with Crippen molar-refractivity contribution in [1.82, 2.24) is 5.32 Å². The number of nitrogens with two attached hydrogens (primary N) is 1. The molecule has 0 aliphatic heterocycles. The Kier molecular flexibility index (Phi) is 6.54. The fourth-order valence-corrected chi connectivity index (χ4v) is 1.20. The van der Waals surface area contributed by atoms with Gasteiger partial charge in [-0.05, 0) is 13.3 Å². The van der Waals surface area contributed by atoms with Crippen LogP contribution in [0.5, 0.6) is 0 Å². The fraction of sp³-hybridized carbons (Fsp3) is 0.889. The molecule has 0 saturated heterocycles. The first-order valence-corrected chi connectivity index (χ1v) is 4.66. The number of hydrogen-bond donors (Lipinski definition) is 2. The molecule has 0 spiro atoms. The Hall–Kier alpha value is -0.610. The lowest BCUT2D eigenvalue weighted by Crippen LogP contribution is -2.46. The van der Waals surface area contributed by atoms with Crippen LogP contribution in [0.25, 0.3) is 0 Å². The summed E-state index contributed by atoms with van der Waals surface area (Å²) in [5, 5.41) is 3.12. The zero-order chi connectivity index (χ0) is 10.3. The van der Waals surface area contributed by atoms with E-state index in [-0.39, 0.29) is 18.0 Å². The zero-order valence-corrected chi connectivity index (χ0v) is 8.67. The second-order valence-corrected chi connectivity index (χ2v) is 3.23. The summed E-state index contributed by atoms with van der Waals surface area (Å²) in [6.45, 7) is 4.48. The molecule has 0 radical (unpaired) electrons. The molecule has 78 valence electrons. The second-order valence-electron chi connectivity index (χ2n) is 3.23. The molecule has 0 aromatic heterocycles. The number of hydrogen-bond acceptors (Lipinski definition) is 3. The summed E-state index contributed by atoms with van der Waals surface area (Å²) in [4.78, 5) is 10.8. The average molecular weight is 188 g/mol. The van der Waals surface area contributed by atoms with E-state index in [1.165, 1.54) is 0 Å². The summed E-state index contributed by atoms with van der Waals surface area (Å²) in [6, 6.07) is -0.0656. The summed E-state index contributed by atoms with van der Waals surface area (Å²) in [7, 11) is 1.65. The third kappa shape index (κ3) is 5.60. The molecule has 13 heavy (non-hydrogen) atoms. The Morgan fingerprint density at radius 1 is 1.62 bits per heavy atom. The molecule has 2 atom stereocenters. The maximum Gasteiger partial charge on any atom is 0.234 e. The van der Waals surface area contributed by atoms with Crippen molar-refractivity contribution in [3.63, 3.8) is 0 Å². The molecule has 0 bridgehead atoms. The number of carbonyl (C=O) groups is 1. The van der Waals surface area contributed by atoms with Gasteiger partial charge in [-0.3, -0.25) is 4.79 Å². The summed E-state index contributed by atoms with van der Waals surface area (Å²) >= 11 is 0. The van der Waals surface area contributed by atoms with E-state index in [1.54, 1.807) is 14.0 Å². The van der Waals surface area contributed by atoms with Crippen LogP contribution >= 0.6 is 0 Å². The van der Waals surface area contributed by atoms with Gasteiger partial charge in [-0.2, -0.15) is 0 Å². The minimum atomic E-state index is -0.322. The van der Waals surface area contributed by atoms with Crippen LogP contribution in [0.1, 0.15) is 26.7 Å². The third-order valence-electron chi connectivity index (χ3n) is 1.92. The van der Waals surface area contributed by atoms with E-state index in [0.717, 1.165) is 12.8 Å². The van der Waals surface area contributed by atoms with E-state index in [0.29, 0.717) is 6.61 Å². The highest BCUT2D eigenvalue weighted by Crippen LogP contribution is 1.98. The highest BCUT2D eigenvalue weighted by molar-refractivity contribution is 5.79. The van der Waals surface area contributed by atoms with Crippen molar-refractivity contribution in [2.45, 2.75) is 38.8 Å². The molecule has 0 aromatic carbocycles. The third-order valence-corrected chi connectivity index (χ3v) is 1.92. The Morgan fingerprint density at radius 3 is 2.62 bits per heavy atom. The Bertz CT molecular complexity index is 145. The van der Waals surface area contributed by atoms with E-state index in [1.807, 2.05) is 0 Å². The Labute approximate surface area is 79.8 Å². The van der Waals surface area contributed by atoms with Crippen LogP contribution in [0.4, 0.5) is 0 Å². The fourth-order valence-electron chi connectivity index (χ4n) is 1.20. The van der Waals surface area contributed by atoms with Crippen LogP contribution in [0.15, 0.2) is 0 Å². The number of methoxy groups -OCH3 is 1. The molecule has 0 saturated carbocycles. The monoisotopic (exact) mass is 188 g/mol. The molecule has 0 rings (SSSR count). The molecule has 4 nitrogen and oxygen atoms in total. The molecule has 0 aliphatic carbocycles. The van der Waals surface area contributed by atoms with Crippen LogP contribution in [0.3, 0.4) is 0 Å². The van der Waals surface area contributed by atoms with Crippen LogP contribution in [0.2, 0.25) is 0 Å². The average Bonchev–Trinajstić information content (AvgIpc) is 2.05. The molecule has 0 aliphatic rings. The van der Waals surface area contributed by atoms with Gasteiger partial charge in [0, 0.05) is 13.2 Å². The number of ether oxygens (including phenoxy) is 1. The summed E-state index contributed by atoms with van der Waals surface area (Å²) in [5.74, 6) is -0.322. The minimum absolute atomic E-state index is 0.220. The molecule has 0 aromatic rings. The minimum Gasteiger partial charge on any atom is -0.383 e. The standard InChI is InChI=1S/C9H20N2O2/c1-4-5-8(6-13-3)11-7(2)9(10)12/h7-8,11H,4-6H2,1-3H3,(H2,10,12). The quantitative estimate of drug-likeness (QED) is 0.602. The number of amides is 1. The summed E-state index contributed by atoms with van der Waals surface area (Å²) in [6.07, 6.45) is 2.05. The van der Waals surface area contributed by atoms with E-state index < -0.39 is 0 Å². The molecule has 4 heteroatoms. The predicted octanol–water partition coefficient (Wildman–Crippen LogP) is 0.265. The van der Waals surface area contributed by atoms with Crippen molar-refractivity contribution in [1.29, 1.82) is 0 Å². The molecule has 0 heterocycles. The van der Waals surface area contributed by atoms with Crippen molar-refractivity contribution in [2.75, 3.05) is 13.7 Å². The van der Waals surface area contributed by atoms with Crippen molar-refractivity contribution in [3.8, 4) is 0 Å². The molecular formula is C9H20N2O2. The smallest absolute Gasteiger partial charge is 0.234 e. The van der Waals surface area contributed by atoms with Crippen molar-refractivity contribution in [3.05, 3.63) is 0 Å². The van der Waals surface area contributed by atoms with Crippen LogP contribution in [-0.2, 0) is 9.53 Å². The van der Waals surface area contributed by atoms with Gasteiger partial charge in [0.2, 0.25) is 5.91 Å². The predicted molar refractivity (Wildman–Crippen MR) is 52.4 cm³/mol. The van der Waals surface area contributed by atoms with Gasteiger partial charge in [0.25, 0.3) is 0 Å². The van der Waals surface area contributed by atoms with E-state index in [4.69, 9.17) is 10.5 Å². The summed E-state index contributed by atoms with van der Waals surface area (Å²) < 4.78 is 5.02. The van der Waals surface area contributed by atoms with Crippen LogP contribution in [-0.4, -0.2) is 31.7 Å². The van der Waals surface area contributed by atoms with Crippen molar-refractivity contribution < 1.29 is 9.53 Å². The van der Waals surface area contributed by atoms with Gasteiger partial charge in [-0.15, -0.1) is 0 Å². The first-order valence-electron chi connectivity index (χ1n) is 4.66. The Balaban J connectivity index is 3.85. The SMILES string of the molecule is CCCC(COC)NC(C)C(N)=O. The van der Waals surface area contributed by atoms with Gasteiger partial charge < -0.3 is 15.8 Å². The lowest BCUT2D eigenvalue weighted by Gasteiger charge is -2.20. The van der Waals surface area contributed by atoms with Gasteiger partial charge in [0.1, 0.15) is 0 Å². The number of carbonyl (C=O) groups excluding carboxylic acids is 1. The normalized spacial score (nSPS) is 15.3. The number of nitrogens with one attached hydrogen (secondary N) is 1. The zero-order valence-electron chi connectivity index (χ0n) is 8.67. The van der Waals surface area contributed by atoms with Crippen LogP contribution < -0.4 is 11.1 Å². The molecular weight excluding hydrogens is 168 g/mol. The number of rotatable bonds is 7. The first-order chi connectivity index (χ1) is 6.11. The van der Waals surface area contributed by atoms with Gasteiger partial charge in [0.05, 0.1) is 12.6 Å². The van der Waals surface area contributed by atoms with Crippen molar-refractivity contribution in [2.24, 2.45) is 5.73 Å². The molecule has 3 N–H and O–H groups in total. The van der Waals surface area contributed by atoms with E-state index in [9.17, 15) is 4.79 Å². The molecule has 1 amide bonds. The highest BCUT2D eigenvalue weighted by Gasteiger charge is 2.14.